The third kappa shape index (κ3) is 4.13. The maximum Gasteiger partial charge on any atom is 0.387 e. The number of carbonyl (C=O) groups excluding carboxylic acids is 1. The normalized spacial score (nSPS) is 10.5. The number of aryl methyl sites for hydroxylation is 1. The summed E-state index contributed by atoms with van der Waals surface area (Å²) in [6, 6.07) is 11.4. The molecule has 0 spiro atoms. The number of halogens is 3. The molecule has 3 nitrogen and oxygen atoms in total. The second-order valence-corrected chi connectivity index (χ2v) is 5.53. The summed E-state index contributed by atoms with van der Waals surface area (Å²) in [5, 5.41) is 2.70. The Balaban J connectivity index is 2.24. The van der Waals surface area contributed by atoms with Gasteiger partial charge in [-0.05, 0) is 65.4 Å². The number of nitrogens with one attached hydrogen (secondary N) is 1. The highest BCUT2D eigenvalue weighted by molar-refractivity contribution is 14.1. The molecule has 0 radical (unpaired) electrons. The van der Waals surface area contributed by atoms with Gasteiger partial charge in [0, 0.05) is 9.26 Å². The van der Waals surface area contributed by atoms with Crippen LogP contribution >= 0.6 is 22.6 Å². The number of rotatable bonds is 4. The van der Waals surface area contributed by atoms with E-state index in [9.17, 15) is 13.6 Å². The van der Waals surface area contributed by atoms with Gasteiger partial charge in [0.15, 0.2) is 0 Å². The molecule has 0 fully saturated rings. The van der Waals surface area contributed by atoms with E-state index in [1.54, 1.807) is 12.1 Å². The van der Waals surface area contributed by atoms with E-state index in [0.717, 1.165) is 9.13 Å². The third-order valence-corrected chi connectivity index (χ3v) is 3.46. The lowest BCUT2D eigenvalue weighted by atomic mass is 10.1. The van der Waals surface area contributed by atoms with Crippen molar-refractivity contribution in [1.29, 1.82) is 0 Å². The van der Waals surface area contributed by atoms with E-state index in [2.05, 4.69) is 32.6 Å². The third-order valence-electron chi connectivity index (χ3n) is 2.78. The highest BCUT2D eigenvalue weighted by Gasteiger charge is 2.16. The highest BCUT2D eigenvalue weighted by Crippen LogP contribution is 2.23. The summed E-state index contributed by atoms with van der Waals surface area (Å²) in [4.78, 5) is 12.2. The Kier molecular flexibility index (Phi) is 5.11. The van der Waals surface area contributed by atoms with Gasteiger partial charge in [-0.1, -0.05) is 12.1 Å². The topological polar surface area (TPSA) is 38.3 Å². The van der Waals surface area contributed by atoms with Crippen molar-refractivity contribution in [3.8, 4) is 5.75 Å². The summed E-state index contributed by atoms with van der Waals surface area (Å²) >= 11 is 2.17. The van der Waals surface area contributed by atoms with Gasteiger partial charge < -0.3 is 10.1 Å². The molecule has 6 heteroatoms. The summed E-state index contributed by atoms with van der Waals surface area (Å²) in [6.07, 6.45) is 0. The van der Waals surface area contributed by atoms with Crippen molar-refractivity contribution >= 4 is 34.2 Å². The van der Waals surface area contributed by atoms with Gasteiger partial charge in [-0.2, -0.15) is 8.78 Å². The van der Waals surface area contributed by atoms with Crippen LogP contribution in [-0.4, -0.2) is 12.5 Å². The van der Waals surface area contributed by atoms with Crippen molar-refractivity contribution in [3.63, 3.8) is 0 Å². The molecular formula is C15H12F2INO2. The van der Waals surface area contributed by atoms with Crippen molar-refractivity contribution in [3.05, 3.63) is 57.2 Å². The molecule has 0 unspecified atom stereocenters. The van der Waals surface area contributed by atoms with E-state index in [4.69, 9.17) is 0 Å². The molecule has 2 rings (SSSR count). The number of anilines is 1. The van der Waals surface area contributed by atoms with Gasteiger partial charge in [0.25, 0.3) is 5.91 Å². The standard InChI is InChI=1S/C15H12F2INO2/c1-9-8-10(18)6-7-12(9)19-14(20)11-4-2-3-5-13(11)21-15(16)17/h2-8,15H,1H3,(H,19,20). The Labute approximate surface area is 134 Å². The Morgan fingerprint density at radius 1 is 1.24 bits per heavy atom. The number of ether oxygens (including phenoxy) is 1. The zero-order valence-corrected chi connectivity index (χ0v) is 13.2. The molecule has 0 atom stereocenters. The molecular weight excluding hydrogens is 391 g/mol. The summed E-state index contributed by atoms with van der Waals surface area (Å²) in [7, 11) is 0. The van der Waals surface area contributed by atoms with Crippen LogP contribution in [0.1, 0.15) is 15.9 Å². The van der Waals surface area contributed by atoms with Crippen LogP contribution in [0.3, 0.4) is 0 Å². The van der Waals surface area contributed by atoms with Gasteiger partial charge in [-0.25, -0.2) is 0 Å². The average molecular weight is 403 g/mol. The molecule has 1 N–H and O–H groups in total. The lowest BCUT2D eigenvalue weighted by molar-refractivity contribution is -0.0501. The van der Waals surface area contributed by atoms with Gasteiger partial charge in [0.2, 0.25) is 0 Å². The van der Waals surface area contributed by atoms with Gasteiger partial charge in [0.1, 0.15) is 5.75 Å². The monoisotopic (exact) mass is 403 g/mol. The van der Waals surface area contributed by atoms with Crippen LogP contribution in [0.25, 0.3) is 0 Å². The molecule has 1 amide bonds. The molecule has 2 aromatic rings. The molecule has 0 aliphatic carbocycles. The Morgan fingerprint density at radius 2 is 1.95 bits per heavy atom. The van der Waals surface area contributed by atoms with E-state index in [1.165, 1.54) is 18.2 Å². The minimum atomic E-state index is -2.97. The van der Waals surface area contributed by atoms with Crippen molar-refractivity contribution in [2.24, 2.45) is 0 Å². The Morgan fingerprint density at radius 3 is 2.62 bits per heavy atom. The van der Waals surface area contributed by atoms with Crippen molar-refractivity contribution < 1.29 is 18.3 Å². The van der Waals surface area contributed by atoms with Gasteiger partial charge in [-0.3, -0.25) is 4.79 Å². The van der Waals surface area contributed by atoms with Crippen LogP contribution in [-0.2, 0) is 0 Å². The number of benzene rings is 2. The van der Waals surface area contributed by atoms with E-state index in [-0.39, 0.29) is 11.3 Å². The number of para-hydroxylation sites is 1. The van der Waals surface area contributed by atoms with Crippen LogP contribution in [0.5, 0.6) is 5.75 Å². The van der Waals surface area contributed by atoms with Crippen LogP contribution in [0, 0.1) is 10.5 Å². The first kappa shape index (κ1) is 15.7. The average Bonchev–Trinajstić information content (AvgIpc) is 2.42. The number of hydrogen-bond acceptors (Lipinski definition) is 2. The van der Waals surface area contributed by atoms with E-state index < -0.39 is 12.5 Å². The molecule has 2 aromatic carbocycles. The summed E-state index contributed by atoms with van der Waals surface area (Å²) in [5.41, 5.74) is 1.59. The molecule has 0 saturated heterocycles. The van der Waals surface area contributed by atoms with Crippen LogP contribution in [0.2, 0.25) is 0 Å². The van der Waals surface area contributed by atoms with Crippen LogP contribution < -0.4 is 10.1 Å². The summed E-state index contributed by atoms with van der Waals surface area (Å²) in [5.74, 6) is -0.635. The molecule has 110 valence electrons. The lowest BCUT2D eigenvalue weighted by Crippen LogP contribution is -2.15. The van der Waals surface area contributed by atoms with Gasteiger partial charge >= 0.3 is 6.61 Å². The number of alkyl halides is 2. The second kappa shape index (κ2) is 6.84. The zero-order valence-electron chi connectivity index (χ0n) is 11.1. The lowest BCUT2D eigenvalue weighted by Gasteiger charge is -2.12. The fourth-order valence-electron chi connectivity index (χ4n) is 1.81. The van der Waals surface area contributed by atoms with Crippen molar-refractivity contribution in [1.82, 2.24) is 0 Å². The largest absolute Gasteiger partial charge is 0.434 e. The quantitative estimate of drug-likeness (QED) is 0.767. The van der Waals surface area contributed by atoms with E-state index >= 15 is 0 Å². The molecule has 0 aliphatic heterocycles. The zero-order chi connectivity index (χ0) is 15.4. The van der Waals surface area contributed by atoms with Crippen molar-refractivity contribution in [2.75, 3.05) is 5.32 Å². The predicted molar refractivity (Wildman–Crippen MR) is 84.9 cm³/mol. The van der Waals surface area contributed by atoms with E-state index in [0.29, 0.717) is 5.69 Å². The first-order chi connectivity index (χ1) is 9.97. The molecule has 0 saturated carbocycles. The number of hydrogen-bond donors (Lipinski definition) is 1. The molecule has 0 heterocycles. The SMILES string of the molecule is Cc1cc(I)ccc1NC(=O)c1ccccc1OC(F)F. The van der Waals surface area contributed by atoms with Crippen molar-refractivity contribution in [2.45, 2.75) is 13.5 Å². The maximum atomic E-state index is 12.3. The molecule has 0 aliphatic rings. The minimum absolute atomic E-state index is 0.0655. The first-order valence-electron chi connectivity index (χ1n) is 6.08. The van der Waals surface area contributed by atoms with Crippen LogP contribution in [0.4, 0.5) is 14.5 Å². The fraction of sp³-hybridized carbons (Fsp3) is 0.133. The van der Waals surface area contributed by atoms with Gasteiger partial charge in [-0.15, -0.1) is 0 Å². The first-order valence-corrected chi connectivity index (χ1v) is 7.16. The Hall–Kier alpha value is -1.70. The molecule has 0 aromatic heterocycles. The Bertz CT molecular complexity index is 662. The predicted octanol–water partition coefficient (Wildman–Crippen LogP) is 4.45. The molecule has 21 heavy (non-hydrogen) atoms. The fourth-order valence-corrected chi connectivity index (χ4v) is 2.46. The number of carbonyl (C=O) groups is 1. The van der Waals surface area contributed by atoms with E-state index in [1.807, 2.05) is 19.1 Å². The molecule has 0 bridgehead atoms. The minimum Gasteiger partial charge on any atom is -0.434 e. The highest BCUT2D eigenvalue weighted by atomic mass is 127. The number of amides is 1. The second-order valence-electron chi connectivity index (χ2n) is 4.29. The summed E-state index contributed by atoms with van der Waals surface area (Å²) < 4.78 is 30.1. The van der Waals surface area contributed by atoms with Gasteiger partial charge in [0.05, 0.1) is 5.56 Å². The maximum absolute atomic E-state index is 12.3. The smallest absolute Gasteiger partial charge is 0.387 e. The van der Waals surface area contributed by atoms with Crippen LogP contribution in [0.15, 0.2) is 42.5 Å². The summed E-state index contributed by atoms with van der Waals surface area (Å²) in [6.45, 7) is -1.11.